The first-order valence-electron chi connectivity index (χ1n) is 14.7. The highest BCUT2D eigenvalue weighted by Crippen LogP contribution is 2.57. The Labute approximate surface area is 266 Å². The number of halogens is 2. The third-order valence-corrected chi connectivity index (χ3v) is 11.1. The van der Waals surface area contributed by atoms with Gasteiger partial charge >= 0.3 is 5.97 Å². The lowest BCUT2D eigenvalue weighted by molar-refractivity contribution is 0.0321. The maximum absolute atomic E-state index is 11.8. The van der Waals surface area contributed by atoms with Crippen LogP contribution in [0.25, 0.3) is 0 Å². The molecule has 1 aliphatic rings. The van der Waals surface area contributed by atoms with Gasteiger partial charge in [-0.05, 0) is 85.4 Å². The van der Waals surface area contributed by atoms with Crippen LogP contribution in [-0.2, 0) is 22.5 Å². The molecule has 0 spiro atoms. The van der Waals surface area contributed by atoms with Gasteiger partial charge in [-0.25, -0.2) is 4.79 Å². The molecule has 0 amide bonds. The number of esters is 1. The molecule has 4 nitrogen and oxygen atoms in total. The summed E-state index contributed by atoms with van der Waals surface area (Å²) in [7, 11) is 3.12. The van der Waals surface area contributed by atoms with Crippen molar-refractivity contribution in [2.24, 2.45) is 5.92 Å². The fraction of sp³-hybridized carbons (Fsp3) is 0.500. The summed E-state index contributed by atoms with van der Waals surface area (Å²) in [6.45, 7) is 2.83. The Hall–Kier alpha value is -1.67. The van der Waals surface area contributed by atoms with E-state index < -0.39 is 0 Å². The van der Waals surface area contributed by atoms with Crippen LogP contribution in [0.5, 0.6) is 5.75 Å². The Balaban J connectivity index is 1.40. The van der Waals surface area contributed by atoms with Crippen LogP contribution in [0.4, 0.5) is 0 Å². The highest BCUT2D eigenvalue weighted by Gasteiger charge is 2.45. The molecule has 1 fully saturated rings. The maximum atomic E-state index is 11.8. The number of rotatable bonds is 15. The number of carbonyl (C=O) groups excluding carboxylic acids is 1. The fourth-order valence-electron chi connectivity index (χ4n) is 5.90. The van der Waals surface area contributed by atoms with Crippen molar-refractivity contribution >= 4 is 49.2 Å². The number of hydrogen-bond acceptors (Lipinski definition) is 5. The van der Waals surface area contributed by atoms with Crippen molar-refractivity contribution in [3.63, 3.8) is 0 Å². The number of alkyl halides is 2. The molecule has 1 unspecified atom stereocenters. The number of unbranched alkanes of at least 4 members (excludes halogenated alkanes) is 2. The smallest absolute Gasteiger partial charge is 0.348 e. The van der Waals surface area contributed by atoms with Crippen molar-refractivity contribution in [1.82, 2.24) is 0 Å². The van der Waals surface area contributed by atoms with Gasteiger partial charge in [-0.3, -0.25) is 0 Å². The second-order valence-corrected chi connectivity index (χ2v) is 16.1. The van der Waals surface area contributed by atoms with E-state index in [0.717, 1.165) is 49.8 Å². The number of thiophene rings is 1. The number of benzene rings is 2. The fourth-order valence-corrected chi connectivity index (χ4v) is 8.60. The predicted molar refractivity (Wildman–Crippen MR) is 176 cm³/mol. The zero-order valence-corrected chi connectivity index (χ0v) is 28.4. The molecule has 1 saturated carbocycles. The molecule has 41 heavy (non-hydrogen) atoms. The van der Waals surface area contributed by atoms with Gasteiger partial charge in [-0.1, -0.05) is 94.4 Å². The van der Waals surface area contributed by atoms with Gasteiger partial charge in [0.2, 0.25) is 0 Å². The summed E-state index contributed by atoms with van der Waals surface area (Å²) in [5.41, 5.74) is 3.78. The van der Waals surface area contributed by atoms with Gasteiger partial charge in [0, 0.05) is 10.8 Å². The molecule has 0 saturated heterocycles. The second-order valence-electron chi connectivity index (χ2n) is 11.0. The van der Waals surface area contributed by atoms with E-state index in [1.54, 1.807) is 18.4 Å². The number of aryl methyl sites for hydroxylation is 1. The molecule has 0 radical (unpaired) electrons. The Morgan fingerprint density at radius 1 is 1.00 bits per heavy atom. The molecule has 4 rings (SSSR count). The Kier molecular flexibility index (Phi) is 12.3. The molecule has 0 N–H and O–H groups in total. The van der Waals surface area contributed by atoms with E-state index in [1.807, 2.05) is 18.2 Å². The van der Waals surface area contributed by atoms with E-state index in [1.165, 1.54) is 42.4 Å². The third-order valence-electron chi connectivity index (χ3n) is 8.17. The Morgan fingerprint density at radius 2 is 1.76 bits per heavy atom. The van der Waals surface area contributed by atoms with Crippen LogP contribution in [-0.4, -0.2) is 23.4 Å². The van der Waals surface area contributed by atoms with Gasteiger partial charge in [0.15, 0.2) is 0 Å². The Bertz CT molecular complexity index is 1220. The number of hydrogen-bond donors (Lipinski definition) is 0. The largest absolute Gasteiger partial charge is 0.497 e. The van der Waals surface area contributed by atoms with Gasteiger partial charge in [-0.15, -0.1) is 11.3 Å². The molecular weight excluding hydrogens is 664 g/mol. The number of methoxy groups -OCH3 is 2. The molecular formula is C34H42Br2O4S. The lowest BCUT2D eigenvalue weighted by atomic mass is 9.85. The molecule has 1 aromatic heterocycles. The highest BCUT2D eigenvalue weighted by atomic mass is 79.9. The van der Waals surface area contributed by atoms with E-state index >= 15 is 0 Å². The van der Waals surface area contributed by atoms with Crippen LogP contribution < -0.4 is 4.74 Å². The SMILES string of the molecule is CCCCCC(OCc1ccc(OC)cc1)c1ccc([C@@H]2[C@@H](CCCc3ccc(C(=O)OC)s3)CCC2(Br)Br)cc1. The summed E-state index contributed by atoms with van der Waals surface area (Å²) >= 11 is 9.62. The van der Waals surface area contributed by atoms with Crippen molar-refractivity contribution in [3.8, 4) is 5.75 Å². The minimum Gasteiger partial charge on any atom is -0.497 e. The lowest BCUT2D eigenvalue weighted by Crippen LogP contribution is -2.20. The van der Waals surface area contributed by atoms with Crippen LogP contribution >= 0.6 is 43.2 Å². The topological polar surface area (TPSA) is 44.8 Å². The van der Waals surface area contributed by atoms with Gasteiger partial charge in [-0.2, -0.15) is 0 Å². The summed E-state index contributed by atoms with van der Waals surface area (Å²) < 4.78 is 16.6. The molecule has 0 bridgehead atoms. The normalized spacial score (nSPS) is 18.8. The van der Waals surface area contributed by atoms with Crippen LogP contribution in [0.1, 0.15) is 102 Å². The summed E-state index contributed by atoms with van der Waals surface area (Å²) in [4.78, 5) is 13.7. The van der Waals surface area contributed by atoms with Crippen molar-refractivity contribution < 1.29 is 19.0 Å². The second kappa shape index (κ2) is 15.7. The van der Waals surface area contributed by atoms with Gasteiger partial charge < -0.3 is 14.2 Å². The van der Waals surface area contributed by atoms with Crippen molar-refractivity contribution in [3.05, 3.63) is 87.1 Å². The molecule has 3 atom stereocenters. The highest BCUT2D eigenvalue weighted by molar-refractivity contribution is 9.25. The molecule has 0 aliphatic heterocycles. The minimum absolute atomic E-state index is 0.0791. The molecule has 7 heteroatoms. The number of carbonyl (C=O) groups is 1. The van der Waals surface area contributed by atoms with Crippen molar-refractivity contribution in [1.29, 1.82) is 0 Å². The molecule has 1 heterocycles. The standard InChI is InChI=1S/C34H42Br2O4S/c1-4-5-6-10-30(40-23-24-11-17-28(38-2)18-12-24)25-13-15-27(16-14-25)32-26(21-22-34(32,35)36)8-7-9-29-19-20-31(41-29)33(37)39-3/h11-20,26,30,32H,4-10,21-23H2,1-3H3/t26-,30?,32-/m0/s1. The van der Waals surface area contributed by atoms with E-state index in [-0.39, 0.29) is 15.3 Å². The molecule has 2 aromatic carbocycles. The summed E-state index contributed by atoms with van der Waals surface area (Å²) in [5, 5.41) is 0. The van der Waals surface area contributed by atoms with Crippen LogP contribution in [0.3, 0.4) is 0 Å². The first-order chi connectivity index (χ1) is 19.8. The van der Waals surface area contributed by atoms with Gasteiger partial charge in [0.25, 0.3) is 0 Å². The molecule has 3 aromatic rings. The average molecular weight is 707 g/mol. The quantitative estimate of drug-likeness (QED) is 0.0897. The van der Waals surface area contributed by atoms with E-state index in [0.29, 0.717) is 23.3 Å². The van der Waals surface area contributed by atoms with Crippen LogP contribution in [0, 0.1) is 5.92 Å². The first kappa shape index (κ1) is 32.2. The van der Waals surface area contributed by atoms with Gasteiger partial charge in [0.1, 0.15) is 10.6 Å². The summed E-state index contributed by atoms with van der Waals surface area (Å²) in [6, 6.07) is 21.3. The molecule has 222 valence electrons. The molecule has 1 aliphatic carbocycles. The number of ether oxygens (including phenoxy) is 3. The first-order valence-corrected chi connectivity index (χ1v) is 17.1. The average Bonchev–Trinajstić information content (AvgIpc) is 3.58. The monoisotopic (exact) mass is 704 g/mol. The zero-order valence-electron chi connectivity index (χ0n) is 24.4. The summed E-state index contributed by atoms with van der Waals surface area (Å²) in [5.74, 6) is 1.60. The lowest BCUT2D eigenvalue weighted by Gasteiger charge is -2.29. The van der Waals surface area contributed by atoms with Crippen LogP contribution in [0.15, 0.2) is 60.7 Å². The summed E-state index contributed by atoms with van der Waals surface area (Å²) in [6.07, 6.45) is 10.2. The van der Waals surface area contributed by atoms with E-state index in [2.05, 4.69) is 81.2 Å². The Morgan fingerprint density at radius 3 is 2.44 bits per heavy atom. The van der Waals surface area contributed by atoms with E-state index in [9.17, 15) is 4.79 Å². The zero-order chi connectivity index (χ0) is 29.2. The third kappa shape index (κ3) is 8.92. The van der Waals surface area contributed by atoms with E-state index in [4.69, 9.17) is 14.2 Å². The maximum Gasteiger partial charge on any atom is 0.348 e. The van der Waals surface area contributed by atoms with Crippen molar-refractivity contribution in [2.75, 3.05) is 14.2 Å². The van der Waals surface area contributed by atoms with Crippen LogP contribution in [0.2, 0.25) is 0 Å². The van der Waals surface area contributed by atoms with Crippen molar-refractivity contribution in [2.45, 2.75) is 86.6 Å². The minimum atomic E-state index is -0.248. The van der Waals surface area contributed by atoms with Gasteiger partial charge in [0.05, 0.1) is 30.2 Å². The predicted octanol–water partition coefficient (Wildman–Crippen LogP) is 10.4.